The van der Waals surface area contributed by atoms with E-state index in [1.165, 1.54) is 80.3 Å². The van der Waals surface area contributed by atoms with Crippen LogP contribution >= 0.6 is 11.3 Å². The van der Waals surface area contributed by atoms with Crippen molar-refractivity contribution in [3.63, 3.8) is 0 Å². The van der Waals surface area contributed by atoms with Gasteiger partial charge in [0.15, 0.2) is 0 Å². The molecule has 3 heterocycles. The molecule has 2 aromatic heterocycles. The van der Waals surface area contributed by atoms with Crippen LogP contribution in [0.3, 0.4) is 0 Å². The maximum Gasteiger partial charge on any atom is 0.345 e. The third-order valence-corrected chi connectivity index (χ3v) is 11.8. The Bertz CT molecular complexity index is 1810. The number of hydrogen-bond acceptors (Lipinski definition) is 5. The minimum Gasteiger partial charge on any atom is -0.496 e. The van der Waals surface area contributed by atoms with Crippen molar-refractivity contribution in [2.75, 3.05) is 20.2 Å². The predicted octanol–water partition coefficient (Wildman–Crippen LogP) is 12.7. The quantitative estimate of drug-likeness (QED) is 0.164. The Hall–Kier alpha value is -3.97. The van der Waals surface area contributed by atoms with Gasteiger partial charge in [-0.3, -0.25) is 4.79 Å². The summed E-state index contributed by atoms with van der Waals surface area (Å²) in [6.45, 7) is 14.9. The van der Waals surface area contributed by atoms with Crippen molar-refractivity contribution >= 4 is 45.3 Å². The van der Waals surface area contributed by atoms with Crippen LogP contribution < -0.4 is 4.74 Å². The number of benzene rings is 2. The number of methoxy groups -OCH3 is 1. The number of para-hydroxylation sites is 1. The van der Waals surface area contributed by atoms with Gasteiger partial charge in [0.05, 0.1) is 18.3 Å². The first kappa shape index (κ1) is 41.8. The van der Waals surface area contributed by atoms with E-state index in [0.29, 0.717) is 23.1 Å². The summed E-state index contributed by atoms with van der Waals surface area (Å²) >= 11 is 1.38. The van der Waals surface area contributed by atoms with Gasteiger partial charge >= 0.3 is 5.97 Å². The lowest BCUT2D eigenvalue weighted by Crippen LogP contribution is -2.37. The highest BCUT2D eigenvalue weighted by Crippen LogP contribution is 2.43. The van der Waals surface area contributed by atoms with Gasteiger partial charge in [0.2, 0.25) is 5.91 Å². The number of carboxylic acids is 1. The van der Waals surface area contributed by atoms with E-state index < -0.39 is 5.97 Å². The summed E-state index contributed by atoms with van der Waals surface area (Å²) in [5, 5.41) is 10.7. The number of rotatable bonds is 10. The number of piperidine rings is 1. The molecule has 2 aliphatic rings. The van der Waals surface area contributed by atoms with Gasteiger partial charge in [-0.2, -0.15) is 0 Å². The first-order chi connectivity index (χ1) is 25.6. The molecule has 1 N–H and O–H groups in total. The van der Waals surface area contributed by atoms with E-state index in [2.05, 4.69) is 52.0 Å². The molecule has 0 spiro atoms. The number of nitrogens with zero attached hydrogens (tertiary/aromatic N) is 2. The number of carbonyl (C=O) groups is 2. The molecule has 2 aromatic carbocycles. The summed E-state index contributed by atoms with van der Waals surface area (Å²) < 4.78 is 5.53. The van der Waals surface area contributed by atoms with Gasteiger partial charge in [0, 0.05) is 35.3 Å². The van der Waals surface area contributed by atoms with Crippen LogP contribution in [0.25, 0.3) is 33.3 Å². The van der Waals surface area contributed by atoms with Crippen molar-refractivity contribution in [3.8, 4) is 17.0 Å². The van der Waals surface area contributed by atoms with Crippen molar-refractivity contribution in [1.29, 1.82) is 0 Å². The van der Waals surface area contributed by atoms with Gasteiger partial charge in [-0.15, -0.1) is 11.3 Å². The Morgan fingerprint density at radius 2 is 1.58 bits per heavy atom. The minimum absolute atomic E-state index is 0.317. The number of ether oxygens (including phenoxy) is 1. The molecule has 0 atom stereocenters. The van der Waals surface area contributed by atoms with E-state index in [-0.39, 0.29) is 0 Å². The zero-order chi connectivity index (χ0) is 38.3. The van der Waals surface area contributed by atoms with Crippen LogP contribution in [-0.2, 0) is 4.79 Å². The molecule has 0 radical (unpaired) electrons. The highest BCUT2D eigenvalue weighted by Gasteiger charge is 2.25. The molecular weight excluding hydrogens is 677 g/mol. The monoisotopic (exact) mass is 738 g/mol. The second kappa shape index (κ2) is 21.1. The number of fused-ring (bicyclic) bond motifs is 1. The van der Waals surface area contributed by atoms with Crippen LogP contribution in [0, 0.1) is 18.8 Å². The number of unbranched alkanes of at least 4 members (excludes halogenated alkanes) is 3. The predicted molar refractivity (Wildman–Crippen MR) is 224 cm³/mol. The first-order valence-corrected chi connectivity index (χ1v) is 20.8. The van der Waals surface area contributed by atoms with Gasteiger partial charge in [-0.1, -0.05) is 96.9 Å². The lowest BCUT2D eigenvalue weighted by Gasteiger charge is -2.29. The van der Waals surface area contributed by atoms with Crippen molar-refractivity contribution < 1.29 is 19.4 Å². The topological polar surface area (TPSA) is 79.7 Å². The van der Waals surface area contributed by atoms with Gasteiger partial charge < -0.3 is 14.7 Å². The summed E-state index contributed by atoms with van der Waals surface area (Å²) in [5.41, 5.74) is 7.61. The standard InChI is InChI=1S/C31H31NO3S.C9H17NO.C6H14/c1-19(30(21-9-5-4-6-10-21)25-18-29(31(33)34)36-20(25)2)22-13-15-26-23(17-22)14-16-27(32-26)24-11-7-8-12-28(24)35-3;1-3-9(11)10-6-4-8(2)5-7-10;1-3-5-6-4-2/h7-8,11-18,21H,4-6,9-10H2,1-3H3,(H,33,34);8H,3-7H2,1-2H3;3-6H2,1-2H3/b30-19+;;. The number of hydrogen-bond donors (Lipinski definition) is 1. The fourth-order valence-corrected chi connectivity index (χ4v) is 8.35. The fraction of sp³-hybridized carbons (Fsp3) is 0.500. The summed E-state index contributed by atoms with van der Waals surface area (Å²) in [6, 6.07) is 20.5. The second-order valence-electron chi connectivity index (χ2n) is 14.7. The number of amides is 1. The highest BCUT2D eigenvalue weighted by molar-refractivity contribution is 7.14. The lowest BCUT2D eigenvalue weighted by atomic mass is 9.78. The van der Waals surface area contributed by atoms with E-state index in [9.17, 15) is 14.7 Å². The molecule has 1 amide bonds. The Labute approximate surface area is 322 Å². The van der Waals surface area contributed by atoms with Crippen molar-refractivity contribution in [3.05, 3.63) is 81.5 Å². The summed E-state index contributed by atoms with van der Waals surface area (Å²) in [6.07, 6.45) is 14.6. The molecule has 53 heavy (non-hydrogen) atoms. The van der Waals surface area contributed by atoms with E-state index in [1.54, 1.807) is 7.11 Å². The van der Waals surface area contributed by atoms with Crippen LogP contribution in [0.5, 0.6) is 5.75 Å². The number of thiophene rings is 1. The Morgan fingerprint density at radius 1 is 0.906 bits per heavy atom. The fourth-order valence-electron chi connectivity index (χ4n) is 7.48. The maximum atomic E-state index is 11.7. The van der Waals surface area contributed by atoms with E-state index in [4.69, 9.17) is 9.72 Å². The van der Waals surface area contributed by atoms with Crippen LogP contribution in [-0.4, -0.2) is 47.1 Å². The largest absolute Gasteiger partial charge is 0.496 e. The van der Waals surface area contributed by atoms with E-state index in [0.717, 1.165) is 75.8 Å². The molecule has 6 rings (SSSR count). The molecule has 2 fully saturated rings. The number of aromatic carboxylic acids is 1. The van der Waals surface area contributed by atoms with Crippen LogP contribution in [0.15, 0.2) is 60.7 Å². The Kier molecular flexibility index (Phi) is 16.6. The SMILES string of the molecule is CCC(=O)N1CCC(C)CC1.CCCCCC.COc1ccccc1-c1ccc2cc(/C(C)=C(/c3cc(C(=O)O)sc3C)C3CCCCC3)ccc2n1. The van der Waals surface area contributed by atoms with Crippen LogP contribution in [0.4, 0.5) is 0 Å². The van der Waals surface area contributed by atoms with Crippen LogP contribution in [0.1, 0.15) is 137 Å². The lowest BCUT2D eigenvalue weighted by molar-refractivity contribution is -0.132. The van der Waals surface area contributed by atoms with Gasteiger partial charge in [0.25, 0.3) is 0 Å². The molecule has 4 aromatic rings. The molecule has 0 unspecified atom stereocenters. The summed E-state index contributed by atoms with van der Waals surface area (Å²) in [7, 11) is 1.68. The average Bonchev–Trinajstić information content (AvgIpc) is 3.58. The normalized spacial score (nSPS) is 15.5. The highest BCUT2D eigenvalue weighted by atomic mass is 32.1. The van der Waals surface area contributed by atoms with Crippen molar-refractivity contribution in [1.82, 2.24) is 9.88 Å². The van der Waals surface area contributed by atoms with Gasteiger partial charge in [-0.05, 0) is 110 Å². The number of aromatic nitrogens is 1. The van der Waals surface area contributed by atoms with E-state index >= 15 is 0 Å². The molecule has 1 saturated carbocycles. The number of likely N-dealkylation sites (tertiary alicyclic amines) is 1. The zero-order valence-electron chi connectivity index (χ0n) is 33.3. The van der Waals surface area contributed by atoms with E-state index in [1.807, 2.05) is 55.1 Å². The summed E-state index contributed by atoms with van der Waals surface area (Å²) in [4.78, 5) is 31.3. The Morgan fingerprint density at radius 3 is 2.19 bits per heavy atom. The molecule has 1 aliphatic carbocycles. The number of carboxylic acid groups (broad SMARTS) is 1. The average molecular weight is 739 g/mol. The third-order valence-electron chi connectivity index (χ3n) is 10.7. The van der Waals surface area contributed by atoms with Crippen molar-refractivity contribution in [2.24, 2.45) is 11.8 Å². The smallest absolute Gasteiger partial charge is 0.345 e. The zero-order valence-corrected chi connectivity index (χ0v) is 34.1. The second-order valence-corrected chi connectivity index (χ2v) is 15.9. The molecule has 1 aliphatic heterocycles. The Balaban J connectivity index is 0.000000305. The van der Waals surface area contributed by atoms with Crippen molar-refractivity contribution in [2.45, 2.75) is 119 Å². The number of allylic oxidation sites excluding steroid dienone is 2. The molecular formula is C46H62N2O4S. The number of carbonyl (C=O) groups excluding carboxylic acids is 1. The molecule has 6 nitrogen and oxygen atoms in total. The first-order valence-electron chi connectivity index (χ1n) is 20.0. The minimum atomic E-state index is -0.849. The van der Waals surface area contributed by atoms with Gasteiger partial charge in [0.1, 0.15) is 10.6 Å². The molecule has 0 bridgehead atoms. The van der Waals surface area contributed by atoms with Gasteiger partial charge in [-0.25, -0.2) is 9.78 Å². The van der Waals surface area contributed by atoms with Crippen LogP contribution in [0.2, 0.25) is 0 Å². The number of aryl methyl sites for hydroxylation is 1. The molecule has 286 valence electrons. The number of pyridine rings is 1. The summed E-state index contributed by atoms with van der Waals surface area (Å²) in [5.74, 6) is 1.55. The third kappa shape index (κ3) is 11.5. The maximum absolute atomic E-state index is 11.7. The molecule has 7 heteroatoms. The molecule has 1 saturated heterocycles.